The van der Waals surface area contributed by atoms with Crippen LogP contribution in [0, 0.1) is 11.6 Å². The number of benzene rings is 3. The van der Waals surface area contributed by atoms with E-state index in [9.17, 15) is 22.0 Å². The lowest BCUT2D eigenvalue weighted by Crippen LogP contribution is -2.30. The van der Waals surface area contributed by atoms with Crippen LogP contribution in [0.4, 0.5) is 20.2 Å². The smallest absolute Gasteiger partial charge is 0.265 e. The molecule has 2 N–H and O–H groups in total. The third-order valence-electron chi connectivity index (χ3n) is 4.08. The van der Waals surface area contributed by atoms with Gasteiger partial charge >= 0.3 is 0 Å². The number of halogens is 3. The molecule has 1 amide bonds. The molecule has 162 valence electrons. The molecular formula is C21H17ClF2N2O4S. The number of hydrogen-bond donors (Lipinski definition) is 2. The van der Waals surface area contributed by atoms with Crippen molar-refractivity contribution in [3.8, 4) is 5.75 Å². The monoisotopic (exact) mass is 466 g/mol. The zero-order chi connectivity index (χ0) is 22.6. The minimum atomic E-state index is -4.11. The molecule has 0 aliphatic rings. The Balaban J connectivity index is 1.63. The topological polar surface area (TPSA) is 84.5 Å². The van der Waals surface area contributed by atoms with Crippen LogP contribution in [0.3, 0.4) is 0 Å². The first kappa shape index (κ1) is 22.5. The molecule has 1 atom stereocenters. The van der Waals surface area contributed by atoms with Gasteiger partial charge in [-0.05, 0) is 67.6 Å². The molecule has 0 spiro atoms. The number of nitrogens with one attached hydrogen (secondary N) is 2. The van der Waals surface area contributed by atoms with Crippen LogP contribution in [-0.4, -0.2) is 20.4 Å². The van der Waals surface area contributed by atoms with Gasteiger partial charge in [-0.1, -0.05) is 17.7 Å². The quantitative estimate of drug-likeness (QED) is 0.522. The van der Waals surface area contributed by atoms with E-state index in [-0.39, 0.29) is 5.69 Å². The lowest BCUT2D eigenvalue weighted by Gasteiger charge is -2.15. The Labute approximate surface area is 182 Å². The zero-order valence-electron chi connectivity index (χ0n) is 16.1. The van der Waals surface area contributed by atoms with Gasteiger partial charge in [-0.25, -0.2) is 17.2 Å². The lowest BCUT2D eigenvalue weighted by atomic mass is 10.2. The van der Waals surface area contributed by atoms with Crippen molar-refractivity contribution in [2.24, 2.45) is 0 Å². The van der Waals surface area contributed by atoms with Crippen LogP contribution in [-0.2, 0) is 14.8 Å². The molecule has 0 fully saturated rings. The van der Waals surface area contributed by atoms with Gasteiger partial charge in [0.2, 0.25) is 0 Å². The average Bonchev–Trinajstić information content (AvgIpc) is 2.71. The molecule has 1 unspecified atom stereocenters. The van der Waals surface area contributed by atoms with Crippen LogP contribution in [0.15, 0.2) is 71.6 Å². The highest BCUT2D eigenvalue weighted by atomic mass is 35.5. The summed E-state index contributed by atoms with van der Waals surface area (Å²) in [5.41, 5.74) is 0.577. The molecule has 0 aliphatic heterocycles. The molecule has 0 bridgehead atoms. The van der Waals surface area contributed by atoms with Crippen molar-refractivity contribution < 1.29 is 26.7 Å². The van der Waals surface area contributed by atoms with Crippen molar-refractivity contribution in [3.63, 3.8) is 0 Å². The molecule has 31 heavy (non-hydrogen) atoms. The van der Waals surface area contributed by atoms with Crippen molar-refractivity contribution in [1.82, 2.24) is 0 Å². The summed E-state index contributed by atoms with van der Waals surface area (Å²) < 4.78 is 58.8. The summed E-state index contributed by atoms with van der Waals surface area (Å²) in [6.07, 6.45) is -0.815. The van der Waals surface area contributed by atoms with Crippen molar-refractivity contribution in [2.45, 2.75) is 17.9 Å². The molecule has 3 aromatic rings. The summed E-state index contributed by atoms with van der Waals surface area (Å²) in [7, 11) is -4.11. The van der Waals surface area contributed by atoms with E-state index in [4.69, 9.17) is 16.3 Å². The van der Waals surface area contributed by atoms with Gasteiger partial charge in [-0.3, -0.25) is 9.52 Å². The normalized spacial score (nSPS) is 12.1. The van der Waals surface area contributed by atoms with Crippen LogP contribution >= 0.6 is 11.6 Å². The molecule has 3 rings (SSSR count). The summed E-state index contributed by atoms with van der Waals surface area (Å²) in [5, 5.41) is 3.12. The van der Waals surface area contributed by atoms with Gasteiger partial charge in [0.15, 0.2) is 17.7 Å². The van der Waals surface area contributed by atoms with Crippen LogP contribution in [0.1, 0.15) is 6.92 Å². The van der Waals surface area contributed by atoms with Crippen LogP contribution < -0.4 is 14.8 Å². The summed E-state index contributed by atoms with van der Waals surface area (Å²) >= 11 is 5.89. The van der Waals surface area contributed by atoms with E-state index < -0.39 is 38.6 Å². The van der Waals surface area contributed by atoms with Crippen molar-refractivity contribution in [2.75, 3.05) is 10.0 Å². The third-order valence-corrected chi connectivity index (χ3v) is 5.70. The number of amides is 1. The maximum Gasteiger partial charge on any atom is 0.265 e. The predicted molar refractivity (Wildman–Crippen MR) is 114 cm³/mol. The first-order valence-electron chi connectivity index (χ1n) is 8.95. The minimum Gasteiger partial charge on any atom is -0.481 e. The Hall–Kier alpha value is -3.17. The van der Waals surface area contributed by atoms with Crippen molar-refractivity contribution in [1.29, 1.82) is 0 Å². The van der Waals surface area contributed by atoms with Crippen LogP contribution in [0.5, 0.6) is 5.75 Å². The second kappa shape index (κ2) is 9.32. The standard InChI is InChI=1S/C21H17ClF2N2O4S/c1-13(30-17-4-2-3-14(22)11-17)21(27)25-15-5-7-16(8-6-15)26-31(28,29)18-9-10-19(23)20(24)12-18/h2-13,26H,1H3,(H,25,27). The summed E-state index contributed by atoms with van der Waals surface area (Å²) in [6.45, 7) is 1.57. The average molecular weight is 467 g/mol. The molecule has 3 aromatic carbocycles. The number of hydrogen-bond acceptors (Lipinski definition) is 4. The minimum absolute atomic E-state index is 0.172. The van der Waals surface area contributed by atoms with E-state index in [1.165, 1.54) is 24.3 Å². The highest BCUT2D eigenvalue weighted by molar-refractivity contribution is 7.92. The molecule has 0 aliphatic carbocycles. The molecule has 0 saturated heterocycles. The largest absolute Gasteiger partial charge is 0.481 e. The Morgan fingerprint density at radius 2 is 1.65 bits per heavy atom. The van der Waals surface area contributed by atoms with E-state index in [1.807, 2.05) is 0 Å². The van der Waals surface area contributed by atoms with Gasteiger partial charge in [0.05, 0.1) is 4.90 Å². The molecule has 0 saturated carbocycles. The van der Waals surface area contributed by atoms with E-state index in [0.717, 1.165) is 12.1 Å². The summed E-state index contributed by atoms with van der Waals surface area (Å²) in [5.74, 6) is -2.39. The van der Waals surface area contributed by atoms with Crippen molar-refractivity contribution in [3.05, 3.63) is 83.4 Å². The first-order valence-corrected chi connectivity index (χ1v) is 10.8. The summed E-state index contributed by atoms with van der Waals surface area (Å²) in [6, 6.07) is 14.7. The zero-order valence-corrected chi connectivity index (χ0v) is 17.7. The first-order chi connectivity index (χ1) is 14.6. The maximum atomic E-state index is 13.3. The fraction of sp³-hybridized carbons (Fsp3) is 0.0952. The Morgan fingerprint density at radius 3 is 2.29 bits per heavy atom. The number of ether oxygens (including phenoxy) is 1. The molecule has 10 heteroatoms. The Bertz CT molecular complexity index is 1200. The molecule has 0 aromatic heterocycles. The van der Waals surface area contributed by atoms with Gasteiger partial charge in [0, 0.05) is 16.4 Å². The van der Waals surface area contributed by atoms with Crippen LogP contribution in [0.2, 0.25) is 5.02 Å². The van der Waals surface area contributed by atoms with Gasteiger partial charge in [0.25, 0.3) is 15.9 Å². The third kappa shape index (κ3) is 5.93. The maximum absolute atomic E-state index is 13.3. The lowest BCUT2D eigenvalue weighted by molar-refractivity contribution is -0.122. The molecular weight excluding hydrogens is 450 g/mol. The van der Waals surface area contributed by atoms with E-state index in [1.54, 1.807) is 31.2 Å². The highest BCUT2D eigenvalue weighted by Crippen LogP contribution is 2.21. The predicted octanol–water partition coefficient (Wildman–Crippen LogP) is 4.83. The number of carbonyl (C=O) groups is 1. The van der Waals surface area contributed by atoms with E-state index >= 15 is 0 Å². The van der Waals surface area contributed by atoms with E-state index in [0.29, 0.717) is 22.5 Å². The molecule has 0 radical (unpaired) electrons. The Morgan fingerprint density at radius 1 is 0.968 bits per heavy atom. The molecule has 6 nitrogen and oxygen atoms in total. The number of carbonyl (C=O) groups excluding carboxylic acids is 1. The van der Waals surface area contributed by atoms with Crippen LogP contribution in [0.25, 0.3) is 0 Å². The fourth-order valence-corrected chi connectivity index (χ4v) is 3.77. The highest BCUT2D eigenvalue weighted by Gasteiger charge is 2.18. The Kier molecular flexibility index (Phi) is 6.77. The SMILES string of the molecule is CC(Oc1cccc(Cl)c1)C(=O)Nc1ccc(NS(=O)(=O)c2ccc(F)c(F)c2)cc1. The molecule has 0 heterocycles. The van der Waals surface area contributed by atoms with Gasteiger partial charge in [-0.2, -0.15) is 0 Å². The number of anilines is 2. The van der Waals surface area contributed by atoms with E-state index in [2.05, 4.69) is 10.0 Å². The van der Waals surface area contributed by atoms with Crippen molar-refractivity contribution >= 4 is 38.9 Å². The van der Waals surface area contributed by atoms with Gasteiger partial charge in [0.1, 0.15) is 5.75 Å². The van der Waals surface area contributed by atoms with Gasteiger partial charge < -0.3 is 10.1 Å². The second-order valence-corrected chi connectivity index (χ2v) is 8.58. The second-order valence-electron chi connectivity index (χ2n) is 6.47. The number of rotatable bonds is 7. The number of sulfonamides is 1. The fourth-order valence-electron chi connectivity index (χ4n) is 2.52. The summed E-state index contributed by atoms with van der Waals surface area (Å²) in [4.78, 5) is 11.9. The van der Waals surface area contributed by atoms with Gasteiger partial charge in [-0.15, -0.1) is 0 Å².